The quantitative estimate of drug-likeness (QED) is 0.659. The van der Waals surface area contributed by atoms with Gasteiger partial charge in [-0.2, -0.15) is 0 Å². The summed E-state index contributed by atoms with van der Waals surface area (Å²) in [6, 6.07) is 11.9. The maximum Gasteiger partial charge on any atom is 0.233 e. The van der Waals surface area contributed by atoms with E-state index in [4.69, 9.17) is 4.42 Å². The van der Waals surface area contributed by atoms with Crippen LogP contribution in [0.4, 0.5) is 0 Å². The van der Waals surface area contributed by atoms with Gasteiger partial charge in [0.1, 0.15) is 12.1 Å². The van der Waals surface area contributed by atoms with Crippen molar-refractivity contribution in [2.75, 3.05) is 0 Å². The van der Waals surface area contributed by atoms with Crippen LogP contribution in [0.2, 0.25) is 0 Å². The number of furan rings is 1. The van der Waals surface area contributed by atoms with Gasteiger partial charge < -0.3 is 14.3 Å². The van der Waals surface area contributed by atoms with Crippen LogP contribution >= 0.6 is 11.8 Å². The fraction of sp³-hybridized carbons (Fsp3) is 0.278. The number of thioether (sulfide) groups is 1. The van der Waals surface area contributed by atoms with Gasteiger partial charge in [0, 0.05) is 6.54 Å². The summed E-state index contributed by atoms with van der Waals surface area (Å²) in [5.41, 5.74) is 2.28. The van der Waals surface area contributed by atoms with Crippen LogP contribution in [0.3, 0.4) is 0 Å². The van der Waals surface area contributed by atoms with Gasteiger partial charge in [-0.25, -0.2) is 0 Å². The summed E-state index contributed by atoms with van der Waals surface area (Å²) in [6.45, 7) is 4.96. The minimum Gasteiger partial charge on any atom is -0.467 e. The zero-order valence-corrected chi connectivity index (χ0v) is 15.0. The summed E-state index contributed by atoms with van der Waals surface area (Å²) < 4.78 is 7.21. The normalized spacial score (nSPS) is 12.1. The lowest BCUT2D eigenvalue weighted by atomic mass is 10.1. The summed E-state index contributed by atoms with van der Waals surface area (Å²) in [5.74, 6) is 0.788. The van der Waals surface area contributed by atoms with E-state index in [2.05, 4.69) is 15.5 Å². The molecule has 1 N–H and O–H groups in total. The predicted molar refractivity (Wildman–Crippen MR) is 96.2 cm³/mol. The molecule has 0 aliphatic rings. The molecule has 0 radical (unpaired) electrons. The largest absolute Gasteiger partial charge is 0.467 e. The average molecular weight is 356 g/mol. The highest BCUT2D eigenvalue weighted by Gasteiger charge is 2.18. The van der Waals surface area contributed by atoms with Crippen molar-refractivity contribution in [3.63, 3.8) is 0 Å². The van der Waals surface area contributed by atoms with Gasteiger partial charge in [0.15, 0.2) is 5.16 Å². The Kier molecular flexibility index (Phi) is 5.55. The molecule has 7 heteroatoms. The summed E-state index contributed by atoms with van der Waals surface area (Å²) >= 11 is 1.38. The number of carbonyl (C=O) groups excluding carboxylic acids is 1. The smallest absolute Gasteiger partial charge is 0.233 e. The molecule has 0 spiro atoms. The van der Waals surface area contributed by atoms with Crippen molar-refractivity contribution >= 4 is 17.7 Å². The maximum atomic E-state index is 12.3. The number of hydrogen-bond acceptors (Lipinski definition) is 5. The van der Waals surface area contributed by atoms with Gasteiger partial charge in [0.25, 0.3) is 0 Å². The molecule has 1 atom stereocenters. The highest BCUT2D eigenvalue weighted by atomic mass is 32.2. The lowest BCUT2D eigenvalue weighted by molar-refractivity contribution is -0.120. The van der Waals surface area contributed by atoms with E-state index in [0.29, 0.717) is 18.2 Å². The van der Waals surface area contributed by atoms with Crippen LogP contribution in [-0.4, -0.2) is 25.9 Å². The fourth-order valence-corrected chi connectivity index (χ4v) is 3.11. The van der Waals surface area contributed by atoms with Crippen LogP contribution in [0.25, 0.3) is 0 Å². The van der Waals surface area contributed by atoms with E-state index in [0.717, 1.165) is 11.3 Å². The average Bonchev–Trinajstić information content (AvgIpc) is 3.27. The van der Waals surface area contributed by atoms with E-state index < -0.39 is 0 Å². The van der Waals surface area contributed by atoms with Gasteiger partial charge >= 0.3 is 0 Å². The number of nitrogens with zero attached hydrogens (tertiary/aromatic N) is 3. The highest BCUT2D eigenvalue weighted by Crippen LogP contribution is 2.22. The molecule has 0 saturated carbocycles. The van der Waals surface area contributed by atoms with Crippen LogP contribution in [0.15, 0.2) is 58.6 Å². The van der Waals surface area contributed by atoms with Crippen LogP contribution < -0.4 is 5.32 Å². The molecule has 2 heterocycles. The Morgan fingerprint density at radius 3 is 2.84 bits per heavy atom. The van der Waals surface area contributed by atoms with E-state index >= 15 is 0 Å². The topological polar surface area (TPSA) is 73.0 Å². The van der Waals surface area contributed by atoms with E-state index in [9.17, 15) is 4.79 Å². The van der Waals surface area contributed by atoms with Crippen LogP contribution in [0.1, 0.15) is 23.8 Å². The molecule has 3 aromatic rings. The zero-order chi connectivity index (χ0) is 17.6. The van der Waals surface area contributed by atoms with Gasteiger partial charge in [0.05, 0.1) is 18.1 Å². The molecular weight excluding hydrogens is 336 g/mol. The molecule has 2 aromatic heterocycles. The molecule has 1 aromatic carbocycles. The second-order valence-corrected chi connectivity index (χ2v) is 7.09. The Morgan fingerprint density at radius 2 is 2.12 bits per heavy atom. The van der Waals surface area contributed by atoms with Gasteiger partial charge in [-0.3, -0.25) is 4.79 Å². The third-order valence-electron chi connectivity index (χ3n) is 3.73. The monoisotopic (exact) mass is 356 g/mol. The minimum absolute atomic E-state index is 0.0295. The zero-order valence-electron chi connectivity index (χ0n) is 14.2. The van der Waals surface area contributed by atoms with Crippen LogP contribution in [-0.2, 0) is 17.9 Å². The van der Waals surface area contributed by atoms with E-state index in [1.165, 1.54) is 17.3 Å². The van der Waals surface area contributed by atoms with E-state index in [1.807, 2.05) is 54.8 Å². The second kappa shape index (κ2) is 8.02. The highest BCUT2D eigenvalue weighted by molar-refractivity contribution is 8.00. The van der Waals surface area contributed by atoms with E-state index in [-0.39, 0.29) is 11.2 Å². The fourth-order valence-electron chi connectivity index (χ4n) is 2.27. The van der Waals surface area contributed by atoms with Crippen LogP contribution in [0.5, 0.6) is 0 Å². The molecule has 1 amide bonds. The van der Waals surface area contributed by atoms with Crippen molar-refractivity contribution in [3.05, 3.63) is 65.9 Å². The Bertz CT molecular complexity index is 812. The Balaban J connectivity index is 1.54. The lowest BCUT2D eigenvalue weighted by Crippen LogP contribution is -2.30. The molecule has 0 bridgehead atoms. The van der Waals surface area contributed by atoms with Gasteiger partial charge in [0.2, 0.25) is 5.91 Å². The molecule has 6 nitrogen and oxygen atoms in total. The minimum atomic E-state index is -0.273. The van der Waals surface area contributed by atoms with Crippen molar-refractivity contribution < 1.29 is 9.21 Å². The summed E-state index contributed by atoms with van der Waals surface area (Å²) in [6.07, 6.45) is 3.27. The Morgan fingerprint density at radius 1 is 1.32 bits per heavy atom. The molecule has 1 unspecified atom stereocenters. The second-order valence-electron chi connectivity index (χ2n) is 5.78. The van der Waals surface area contributed by atoms with Crippen molar-refractivity contribution in [2.24, 2.45) is 0 Å². The number of rotatable bonds is 7. The summed E-state index contributed by atoms with van der Waals surface area (Å²) in [5, 5.41) is 11.4. The number of aromatic nitrogens is 3. The van der Waals surface area contributed by atoms with Crippen molar-refractivity contribution in [3.8, 4) is 0 Å². The van der Waals surface area contributed by atoms with Crippen molar-refractivity contribution in [1.29, 1.82) is 0 Å². The van der Waals surface area contributed by atoms with Gasteiger partial charge in [-0.15, -0.1) is 10.2 Å². The van der Waals surface area contributed by atoms with Crippen molar-refractivity contribution in [2.45, 2.75) is 37.3 Å². The molecule has 130 valence electrons. The van der Waals surface area contributed by atoms with Crippen LogP contribution in [0, 0.1) is 6.92 Å². The number of amides is 1. The van der Waals surface area contributed by atoms with E-state index in [1.54, 1.807) is 12.6 Å². The predicted octanol–water partition coefficient (Wildman–Crippen LogP) is 3.02. The Labute approximate surface area is 150 Å². The maximum absolute atomic E-state index is 12.3. The summed E-state index contributed by atoms with van der Waals surface area (Å²) in [7, 11) is 0. The van der Waals surface area contributed by atoms with Gasteiger partial charge in [-0.1, -0.05) is 41.6 Å². The molecule has 25 heavy (non-hydrogen) atoms. The first-order valence-electron chi connectivity index (χ1n) is 8.02. The first kappa shape index (κ1) is 17.3. The first-order chi connectivity index (χ1) is 12.1. The lowest BCUT2D eigenvalue weighted by Gasteiger charge is -2.12. The Hall–Kier alpha value is -2.54. The number of aryl methyl sites for hydroxylation is 1. The molecule has 0 aliphatic carbocycles. The molecular formula is C18H20N4O2S. The molecule has 0 aliphatic heterocycles. The number of nitrogens with one attached hydrogen (secondary N) is 1. The number of hydrogen-bond donors (Lipinski definition) is 1. The molecule has 0 fully saturated rings. The third-order valence-corrected chi connectivity index (χ3v) is 4.82. The number of benzene rings is 1. The SMILES string of the molecule is Cc1ccc(CNC(=O)C(C)Sc2nncn2Cc2ccco2)cc1. The standard InChI is InChI=1S/C18H20N4O2S/c1-13-5-7-15(8-6-13)10-19-17(23)14(2)25-18-21-20-12-22(18)11-16-4-3-9-24-16/h3-9,12,14H,10-11H2,1-2H3,(H,19,23). The summed E-state index contributed by atoms with van der Waals surface area (Å²) in [4.78, 5) is 12.3. The molecule has 3 rings (SSSR count). The molecule has 0 saturated heterocycles. The van der Waals surface area contributed by atoms with Crippen molar-refractivity contribution in [1.82, 2.24) is 20.1 Å². The third kappa shape index (κ3) is 4.73. The first-order valence-corrected chi connectivity index (χ1v) is 8.90. The van der Waals surface area contributed by atoms with Gasteiger partial charge in [-0.05, 0) is 31.5 Å². The number of carbonyl (C=O) groups is 1.